The number of guanidine groups is 1. The van der Waals surface area contributed by atoms with Crippen LogP contribution in [0.4, 0.5) is 0 Å². The van der Waals surface area contributed by atoms with Crippen LogP contribution < -0.4 is 11.1 Å². The molecule has 0 radical (unpaired) electrons. The molecule has 5 heteroatoms. The van der Waals surface area contributed by atoms with Crippen molar-refractivity contribution in [3.8, 4) is 0 Å². The van der Waals surface area contributed by atoms with Crippen LogP contribution in [0, 0.1) is 5.92 Å². The second kappa shape index (κ2) is 9.21. The van der Waals surface area contributed by atoms with Crippen molar-refractivity contribution in [3.05, 3.63) is 30.1 Å². The van der Waals surface area contributed by atoms with Gasteiger partial charge in [0, 0.05) is 31.4 Å². The number of pyridine rings is 1. The van der Waals surface area contributed by atoms with Crippen LogP contribution >= 0.6 is 24.0 Å². The van der Waals surface area contributed by atoms with Crippen molar-refractivity contribution in [2.24, 2.45) is 16.6 Å². The van der Waals surface area contributed by atoms with E-state index >= 15 is 0 Å². The van der Waals surface area contributed by atoms with Gasteiger partial charge in [-0.05, 0) is 18.1 Å². The van der Waals surface area contributed by atoms with Crippen molar-refractivity contribution in [1.82, 2.24) is 10.3 Å². The fraction of sp³-hybridized carbons (Fsp3) is 0.500. The highest BCUT2D eigenvalue weighted by Gasteiger charge is 1.95. The molecule has 0 fully saturated rings. The van der Waals surface area contributed by atoms with Crippen LogP contribution in [0.3, 0.4) is 0 Å². The van der Waals surface area contributed by atoms with E-state index in [0.717, 1.165) is 25.2 Å². The molecule has 0 aliphatic heterocycles. The van der Waals surface area contributed by atoms with Crippen LogP contribution in [0.15, 0.2) is 29.4 Å². The summed E-state index contributed by atoms with van der Waals surface area (Å²) in [5.74, 6) is 1.06. The Morgan fingerprint density at radius 2 is 2.24 bits per heavy atom. The van der Waals surface area contributed by atoms with Crippen molar-refractivity contribution in [2.45, 2.75) is 20.3 Å². The zero-order chi connectivity index (χ0) is 11.8. The van der Waals surface area contributed by atoms with E-state index in [1.807, 2.05) is 18.2 Å². The SMILES string of the molecule is CC(C)CN=C(N)NCCc1ccccn1.I. The van der Waals surface area contributed by atoms with Crippen LogP contribution in [0.5, 0.6) is 0 Å². The predicted octanol–water partition coefficient (Wildman–Crippen LogP) is 1.80. The summed E-state index contributed by atoms with van der Waals surface area (Å²) < 4.78 is 0. The molecule has 1 heterocycles. The number of nitrogens with one attached hydrogen (secondary N) is 1. The summed E-state index contributed by atoms with van der Waals surface area (Å²) in [6, 6.07) is 5.90. The van der Waals surface area contributed by atoms with E-state index in [4.69, 9.17) is 5.73 Å². The maximum absolute atomic E-state index is 5.70. The molecule has 0 spiro atoms. The Hall–Kier alpha value is -0.850. The minimum atomic E-state index is 0. The van der Waals surface area contributed by atoms with Crippen LogP contribution in [0.1, 0.15) is 19.5 Å². The zero-order valence-corrected chi connectivity index (χ0v) is 12.7. The highest BCUT2D eigenvalue weighted by molar-refractivity contribution is 14.0. The molecule has 0 bridgehead atoms. The van der Waals surface area contributed by atoms with Crippen molar-refractivity contribution < 1.29 is 0 Å². The fourth-order valence-corrected chi connectivity index (χ4v) is 1.20. The zero-order valence-electron chi connectivity index (χ0n) is 10.4. The largest absolute Gasteiger partial charge is 0.370 e. The Kier molecular flexibility index (Phi) is 8.75. The van der Waals surface area contributed by atoms with Gasteiger partial charge in [0.15, 0.2) is 5.96 Å². The van der Waals surface area contributed by atoms with E-state index < -0.39 is 0 Å². The predicted molar refractivity (Wildman–Crippen MR) is 82.7 cm³/mol. The van der Waals surface area contributed by atoms with Crippen molar-refractivity contribution >= 4 is 29.9 Å². The van der Waals surface area contributed by atoms with Crippen LogP contribution in [-0.2, 0) is 6.42 Å². The van der Waals surface area contributed by atoms with Crippen LogP contribution in [-0.4, -0.2) is 24.0 Å². The van der Waals surface area contributed by atoms with Crippen LogP contribution in [0.2, 0.25) is 0 Å². The number of rotatable bonds is 5. The van der Waals surface area contributed by atoms with Crippen molar-refractivity contribution in [3.63, 3.8) is 0 Å². The van der Waals surface area contributed by atoms with Crippen molar-refractivity contribution in [1.29, 1.82) is 0 Å². The first-order valence-electron chi connectivity index (χ1n) is 5.62. The van der Waals surface area contributed by atoms with Gasteiger partial charge in [-0.1, -0.05) is 19.9 Å². The molecule has 0 atom stereocenters. The van der Waals surface area contributed by atoms with Gasteiger partial charge in [-0.15, -0.1) is 24.0 Å². The Morgan fingerprint density at radius 1 is 1.47 bits per heavy atom. The first-order chi connectivity index (χ1) is 7.68. The number of aromatic nitrogens is 1. The minimum absolute atomic E-state index is 0. The molecular formula is C12H21IN4. The molecule has 0 saturated carbocycles. The smallest absolute Gasteiger partial charge is 0.188 e. The quantitative estimate of drug-likeness (QED) is 0.485. The molecule has 96 valence electrons. The third-order valence-electron chi connectivity index (χ3n) is 2.04. The Labute approximate surface area is 120 Å². The summed E-state index contributed by atoms with van der Waals surface area (Å²) in [5.41, 5.74) is 6.77. The van der Waals surface area contributed by atoms with Gasteiger partial charge in [-0.2, -0.15) is 0 Å². The standard InChI is InChI=1S/C12H20N4.HI/c1-10(2)9-16-12(13)15-8-6-11-5-3-4-7-14-11;/h3-5,7,10H,6,8-9H2,1-2H3,(H3,13,15,16);1H. The summed E-state index contributed by atoms with van der Waals surface area (Å²) in [6.07, 6.45) is 2.66. The number of nitrogens with two attached hydrogens (primary N) is 1. The van der Waals surface area contributed by atoms with E-state index in [1.165, 1.54) is 0 Å². The molecule has 1 aromatic rings. The summed E-state index contributed by atoms with van der Waals surface area (Å²) in [7, 11) is 0. The van der Waals surface area contributed by atoms with Gasteiger partial charge in [0.25, 0.3) is 0 Å². The Morgan fingerprint density at radius 3 is 2.82 bits per heavy atom. The monoisotopic (exact) mass is 348 g/mol. The lowest BCUT2D eigenvalue weighted by molar-refractivity contribution is 0.661. The normalized spacial score (nSPS) is 11.1. The molecule has 4 nitrogen and oxygen atoms in total. The number of hydrogen-bond acceptors (Lipinski definition) is 2. The molecule has 0 aliphatic rings. The summed E-state index contributed by atoms with van der Waals surface area (Å²) in [6.45, 7) is 5.77. The third-order valence-corrected chi connectivity index (χ3v) is 2.04. The topological polar surface area (TPSA) is 63.3 Å². The summed E-state index contributed by atoms with van der Waals surface area (Å²) in [4.78, 5) is 8.45. The van der Waals surface area contributed by atoms with E-state index in [0.29, 0.717) is 11.9 Å². The molecule has 0 amide bonds. The van der Waals surface area contributed by atoms with E-state index in [2.05, 4.69) is 29.1 Å². The van der Waals surface area contributed by atoms with Gasteiger partial charge in [-0.25, -0.2) is 0 Å². The molecule has 3 N–H and O–H groups in total. The second-order valence-corrected chi connectivity index (χ2v) is 4.12. The lowest BCUT2D eigenvalue weighted by atomic mass is 10.2. The Balaban J connectivity index is 0.00000256. The molecule has 17 heavy (non-hydrogen) atoms. The third kappa shape index (κ3) is 7.95. The first-order valence-corrected chi connectivity index (χ1v) is 5.62. The van der Waals surface area contributed by atoms with Gasteiger partial charge >= 0.3 is 0 Å². The summed E-state index contributed by atoms with van der Waals surface area (Å²) >= 11 is 0. The molecular weight excluding hydrogens is 327 g/mol. The second-order valence-electron chi connectivity index (χ2n) is 4.12. The van der Waals surface area contributed by atoms with Gasteiger partial charge in [-0.3, -0.25) is 9.98 Å². The Bertz CT molecular complexity index is 325. The van der Waals surface area contributed by atoms with Gasteiger partial charge < -0.3 is 11.1 Å². The lowest BCUT2D eigenvalue weighted by Gasteiger charge is -2.06. The highest BCUT2D eigenvalue weighted by Crippen LogP contribution is 1.93. The average Bonchev–Trinajstić information content (AvgIpc) is 2.28. The minimum Gasteiger partial charge on any atom is -0.370 e. The molecule has 1 aromatic heterocycles. The van der Waals surface area contributed by atoms with Crippen LogP contribution in [0.25, 0.3) is 0 Å². The number of aliphatic imine (C=N–C) groups is 1. The number of halogens is 1. The number of nitrogens with zero attached hydrogens (tertiary/aromatic N) is 2. The van der Waals surface area contributed by atoms with E-state index in [-0.39, 0.29) is 24.0 Å². The maximum atomic E-state index is 5.70. The average molecular weight is 348 g/mol. The molecule has 0 aliphatic carbocycles. The molecule has 0 unspecified atom stereocenters. The van der Waals surface area contributed by atoms with Gasteiger partial charge in [0.2, 0.25) is 0 Å². The molecule has 0 saturated heterocycles. The van der Waals surface area contributed by atoms with Gasteiger partial charge in [0.05, 0.1) is 0 Å². The maximum Gasteiger partial charge on any atom is 0.188 e. The van der Waals surface area contributed by atoms with E-state index in [1.54, 1.807) is 6.20 Å². The van der Waals surface area contributed by atoms with Crippen molar-refractivity contribution in [2.75, 3.05) is 13.1 Å². The lowest BCUT2D eigenvalue weighted by Crippen LogP contribution is -2.33. The first kappa shape index (κ1) is 16.1. The fourth-order valence-electron chi connectivity index (χ4n) is 1.20. The highest BCUT2D eigenvalue weighted by atomic mass is 127. The van der Waals surface area contributed by atoms with E-state index in [9.17, 15) is 0 Å². The molecule has 1 rings (SSSR count). The summed E-state index contributed by atoms with van der Waals surface area (Å²) in [5, 5.41) is 3.07. The number of hydrogen-bond donors (Lipinski definition) is 2. The molecule has 0 aromatic carbocycles. The van der Waals surface area contributed by atoms with Gasteiger partial charge in [0.1, 0.15) is 0 Å².